The third kappa shape index (κ3) is 6.03. The second kappa shape index (κ2) is 8.84. The minimum absolute atomic E-state index is 1.13. The first kappa shape index (κ1) is 23.4. The Bertz CT molecular complexity index is 902. The second-order valence-corrected chi connectivity index (χ2v) is 20.2. The normalized spacial score (nSPS) is 13.6. The lowest BCUT2D eigenvalue weighted by Gasteiger charge is -2.27. The lowest BCUT2D eigenvalue weighted by molar-refractivity contribution is 1.32. The van der Waals surface area contributed by atoms with Crippen molar-refractivity contribution in [2.75, 3.05) is 5.32 Å². The number of hydrogen-bond acceptors (Lipinski definition) is 2. The van der Waals surface area contributed by atoms with Crippen molar-refractivity contribution in [2.45, 2.75) is 67.0 Å². The first-order valence-electron chi connectivity index (χ1n) is 10.5. The van der Waals surface area contributed by atoms with Gasteiger partial charge in [0, 0.05) is 11.0 Å². The molecule has 0 unspecified atom stereocenters. The molecule has 29 heavy (non-hydrogen) atoms. The number of anilines is 1. The van der Waals surface area contributed by atoms with Crippen LogP contribution in [0.15, 0.2) is 52.8 Å². The average Bonchev–Trinajstić information content (AvgIpc) is 2.56. The second-order valence-electron chi connectivity index (χ2n) is 10.2. The zero-order valence-corrected chi connectivity index (χ0v) is 22.0. The molecule has 0 spiro atoms. The van der Waals surface area contributed by atoms with Crippen molar-refractivity contribution < 1.29 is 0 Å². The summed E-state index contributed by atoms with van der Waals surface area (Å²) in [6, 6.07) is 12.9. The Morgan fingerprint density at radius 3 is 1.59 bits per heavy atom. The molecule has 0 fully saturated rings. The van der Waals surface area contributed by atoms with Crippen molar-refractivity contribution >= 4 is 32.9 Å². The molecule has 2 nitrogen and oxygen atoms in total. The zero-order chi connectivity index (χ0) is 22.0. The maximum atomic E-state index is 5.25. The molecule has 1 N–H and O–H groups in total. The molecule has 0 aliphatic heterocycles. The molecule has 0 radical (unpaired) electrons. The van der Waals surface area contributed by atoms with E-state index in [-0.39, 0.29) is 0 Å². The smallest absolute Gasteiger partial charge is 0.101 e. The summed E-state index contributed by atoms with van der Waals surface area (Å²) >= 11 is 0. The van der Waals surface area contributed by atoms with E-state index in [2.05, 4.69) is 115 Å². The number of nitrogens with one attached hydrogen (secondary N) is 1. The molecule has 4 heteroatoms. The van der Waals surface area contributed by atoms with Crippen LogP contribution in [0.2, 0.25) is 39.3 Å². The van der Waals surface area contributed by atoms with Gasteiger partial charge in [-0.15, -0.1) is 0 Å². The van der Waals surface area contributed by atoms with E-state index in [4.69, 9.17) is 4.99 Å². The van der Waals surface area contributed by atoms with Crippen LogP contribution in [0, 0.1) is 27.7 Å². The molecule has 2 rings (SSSR count). The fraction of sp³-hybridized carbons (Fsp3) is 0.400. The Balaban J connectivity index is 2.65. The van der Waals surface area contributed by atoms with Crippen LogP contribution in [0.4, 0.5) is 11.4 Å². The maximum absolute atomic E-state index is 5.25. The number of benzene rings is 2. The summed E-state index contributed by atoms with van der Waals surface area (Å²) in [5.74, 6) is 0. The summed E-state index contributed by atoms with van der Waals surface area (Å²) in [6.07, 6.45) is 2.39. The molecular weight excluding hydrogens is 384 g/mol. The molecule has 0 bridgehead atoms. The van der Waals surface area contributed by atoms with E-state index in [0.717, 1.165) is 5.69 Å². The minimum atomic E-state index is -1.65. The third-order valence-electron chi connectivity index (χ3n) is 5.27. The Kier molecular flexibility index (Phi) is 7.12. The molecular formula is C25H38N2Si2. The van der Waals surface area contributed by atoms with E-state index in [1.165, 1.54) is 38.6 Å². The van der Waals surface area contributed by atoms with Crippen LogP contribution in [0.5, 0.6) is 0 Å². The Hall–Kier alpha value is -1.92. The quantitative estimate of drug-likeness (QED) is 0.373. The van der Waals surface area contributed by atoms with Gasteiger partial charge in [-0.3, -0.25) is 4.99 Å². The topological polar surface area (TPSA) is 24.4 Å². The molecule has 0 aromatic heterocycles. The monoisotopic (exact) mass is 422 g/mol. The van der Waals surface area contributed by atoms with Gasteiger partial charge in [0.05, 0.1) is 13.8 Å². The molecule has 0 saturated heterocycles. The molecule has 2 aromatic rings. The van der Waals surface area contributed by atoms with Crippen LogP contribution in [0.1, 0.15) is 22.3 Å². The van der Waals surface area contributed by atoms with Gasteiger partial charge < -0.3 is 5.32 Å². The van der Waals surface area contributed by atoms with Crippen molar-refractivity contribution in [3.05, 3.63) is 70.0 Å². The van der Waals surface area contributed by atoms with Crippen LogP contribution in [-0.2, 0) is 0 Å². The highest BCUT2D eigenvalue weighted by atomic mass is 28.3. The summed E-state index contributed by atoms with van der Waals surface area (Å²) in [5, 5.41) is 6.44. The third-order valence-corrected chi connectivity index (χ3v) is 8.95. The van der Waals surface area contributed by atoms with Crippen LogP contribution < -0.4 is 5.32 Å². The molecule has 0 atom stereocenters. The van der Waals surface area contributed by atoms with Crippen LogP contribution in [0.3, 0.4) is 0 Å². The van der Waals surface area contributed by atoms with Crippen molar-refractivity contribution in [1.82, 2.24) is 0 Å². The molecule has 156 valence electrons. The van der Waals surface area contributed by atoms with Crippen LogP contribution >= 0.6 is 0 Å². The van der Waals surface area contributed by atoms with Gasteiger partial charge in [-0.2, -0.15) is 0 Å². The van der Waals surface area contributed by atoms with Crippen molar-refractivity contribution in [3.8, 4) is 0 Å². The van der Waals surface area contributed by atoms with E-state index in [9.17, 15) is 0 Å². The fourth-order valence-electron chi connectivity index (χ4n) is 3.24. The van der Waals surface area contributed by atoms with Gasteiger partial charge in [-0.25, -0.2) is 0 Å². The van der Waals surface area contributed by atoms with Crippen molar-refractivity contribution in [3.63, 3.8) is 0 Å². The summed E-state index contributed by atoms with van der Waals surface area (Å²) in [6.45, 7) is 23.0. The van der Waals surface area contributed by atoms with Crippen molar-refractivity contribution in [1.29, 1.82) is 0 Å². The average molecular weight is 423 g/mol. The fourth-order valence-corrected chi connectivity index (χ4v) is 5.48. The molecule has 0 aliphatic rings. The van der Waals surface area contributed by atoms with E-state index < -0.39 is 16.1 Å². The van der Waals surface area contributed by atoms with E-state index >= 15 is 0 Å². The largest absolute Gasteiger partial charge is 0.362 e. The van der Waals surface area contributed by atoms with Gasteiger partial charge in [0.15, 0.2) is 0 Å². The predicted octanol–water partition coefficient (Wildman–Crippen LogP) is 7.74. The number of para-hydroxylation sites is 2. The van der Waals surface area contributed by atoms with Gasteiger partial charge in [0.25, 0.3) is 0 Å². The highest BCUT2D eigenvalue weighted by Gasteiger charge is 2.26. The lowest BCUT2D eigenvalue weighted by atomic mass is 10.1. The minimum Gasteiger partial charge on any atom is -0.362 e. The first-order chi connectivity index (χ1) is 13.3. The molecule has 0 aliphatic carbocycles. The Morgan fingerprint density at radius 1 is 0.724 bits per heavy atom. The summed E-state index contributed by atoms with van der Waals surface area (Å²) in [5.41, 5.74) is 7.43. The summed E-state index contributed by atoms with van der Waals surface area (Å²) in [4.78, 5) is 5.25. The molecule has 0 saturated carbocycles. The Morgan fingerprint density at radius 2 is 1.17 bits per heavy atom. The molecule has 2 aromatic carbocycles. The molecule has 0 heterocycles. The number of rotatable bonds is 6. The van der Waals surface area contributed by atoms with Gasteiger partial charge in [-0.1, -0.05) is 75.7 Å². The number of aryl methyl sites for hydroxylation is 4. The van der Waals surface area contributed by atoms with E-state index in [0.29, 0.717) is 0 Å². The van der Waals surface area contributed by atoms with Crippen LogP contribution in [-0.4, -0.2) is 21.5 Å². The van der Waals surface area contributed by atoms with Gasteiger partial charge >= 0.3 is 0 Å². The van der Waals surface area contributed by atoms with Crippen LogP contribution in [0.25, 0.3) is 0 Å². The van der Waals surface area contributed by atoms with E-state index in [1.54, 1.807) is 0 Å². The summed E-state index contributed by atoms with van der Waals surface area (Å²) < 4.78 is 0. The van der Waals surface area contributed by atoms with Gasteiger partial charge in [0.1, 0.15) is 8.07 Å². The number of nitrogens with zero attached hydrogens (tertiary/aromatic N) is 1. The predicted molar refractivity (Wildman–Crippen MR) is 137 cm³/mol. The summed E-state index contributed by atoms with van der Waals surface area (Å²) in [7, 11) is -3.26. The SMILES string of the molecule is Cc1cccc(C)c1N=C(/C=C(\Nc1c(C)cccc1C)[Si](C)(C)C)[Si](C)(C)C. The maximum Gasteiger partial charge on any atom is 0.101 e. The van der Waals surface area contributed by atoms with Gasteiger partial charge in [0.2, 0.25) is 0 Å². The first-order valence-corrected chi connectivity index (χ1v) is 17.5. The highest BCUT2D eigenvalue weighted by molar-refractivity contribution is 7.06. The lowest BCUT2D eigenvalue weighted by Crippen LogP contribution is -2.36. The Labute approximate surface area is 180 Å². The van der Waals surface area contributed by atoms with Crippen molar-refractivity contribution in [2.24, 2.45) is 4.99 Å². The number of hydrogen-bond donors (Lipinski definition) is 1. The standard InChI is InChI=1S/C25H38N2Si2/c1-18-13-11-14-19(2)24(18)26-22(28(5,6)7)17-23(29(8,9)10)27-25-20(3)15-12-16-21(25)4/h11-17,26H,1-10H3/b22-17+,27-23?. The molecule has 0 amide bonds. The number of allylic oxidation sites excluding steroid dienone is 1. The van der Waals surface area contributed by atoms with Gasteiger partial charge in [-0.05, 0) is 61.3 Å². The van der Waals surface area contributed by atoms with E-state index in [1.807, 2.05) is 0 Å². The highest BCUT2D eigenvalue weighted by Crippen LogP contribution is 2.28. The number of aliphatic imine (C=N–C) groups is 1. The zero-order valence-electron chi connectivity index (χ0n) is 20.0.